The minimum Gasteiger partial charge on any atom is -0.460 e. The molecule has 2 aromatic rings. The number of carbonyl (C=O) groups is 3. The number of oxazole rings is 1. The molecule has 2 N–H and O–H groups in total. The van der Waals surface area contributed by atoms with E-state index in [9.17, 15) is 14.4 Å². The van der Waals surface area contributed by atoms with Gasteiger partial charge in [0.25, 0.3) is 5.91 Å². The third-order valence-electron chi connectivity index (χ3n) is 6.79. The van der Waals surface area contributed by atoms with E-state index in [1.165, 1.54) is 11.3 Å². The molecule has 1 aromatic heterocycles. The molecular weight excluding hydrogens is 458 g/mol. The molecule has 1 aromatic carbocycles. The molecule has 0 saturated carbocycles. The van der Waals surface area contributed by atoms with Gasteiger partial charge in [-0.2, -0.15) is 0 Å². The van der Waals surface area contributed by atoms with Gasteiger partial charge in [-0.25, -0.2) is 4.98 Å². The molecule has 0 fully saturated rings. The van der Waals surface area contributed by atoms with Crippen molar-refractivity contribution in [3.63, 3.8) is 0 Å². The number of carbonyl (C=O) groups excluding carboxylic acids is 3. The molecule has 4 rings (SSSR count). The summed E-state index contributed by atoms with van der Waals surface area (Å²) in [5.74, 6) is -0.591. The van der Waals surface area contributed by atoms with Gasteiger partial charge in [0.15, 0.2) is 12.2 Å². The summed E-state index contributed by atoms with van der Waals surface area (Å²) >= 11 is 0. The third-order valence-corrected chi connectivity index (χ3v) is 6.79. The highest BCUT2D eigenvalue weighted by atomic mass is 16.6. The van der Waals surface area contributed by atoms with Gasteiger partial charge in [0.2, 0.25) is 5.91 Å². The van der Waals surface area contributed by atoms with Crippen LogP contribution >= 0.6 is 0 Å². The number of primary amides is 1. The first kappa shape index (κ1) is 25.7. The number of nitrogens with two attached hydrogens (primary N) is 1. The Labute approximate surface area is 211 Å². The normalized spacial score (nSPS) is 18.0. The van der Waals surface area contributed by atoms with E-state index in [0.717, 1.165) is 47.4 Å². The zero-order chi connectivity index (χ0) is 26.3. The second-order valence-corrected chi connectivity index (χ2v) is 11.5. The highest BCUT2D eigenvalue weighted by molar-refractivity contribution is 6.01. The maximum absolute atomic E-state index is 13.1. The smallest absolute Gasteiger partial charge is 0.306 e. The lowest BCUT2D eigenvalue weighted by Gasteiger charge is -2.28. The number of hydrogen-bond acceptors (Lipinski definition) is 6. The Balaban J connectivity index is 1.53. The highest BCUT2D eigenvalue weighted by Crippen LogP contribution is 2.41. The Hall–Kier alpha value is -3.42. The topological polar surface area (TPSA) is 116 Å². The average Bonchev–Trinajstić information content (AvgIpc) is 3.37. The zero-order valence-corrected chi connectivity index (χ0v) is 21.7. The predicted molar refractivity (Wildman–Crippen MR) is 135 cm³/mol. The van der Waals surface area contributed by atoms with Crippen molar-refractivity contribution in [2.45, 2.75) is 84.9 Å². The van der Waals surface area contributed by atoms with Gasteiger partial charge in [0.05, 0.1) is 0 Å². The van der Waals surface area contributed by atoms with Crippen LogP contribution in [0.5, 0.6) is 0 Å². The molecule has 36 heavy (non-hydrogen) atoms. The fourth-order valence-electron chi connectivity index (χ4n) is 4.80. The standard InChI is InChI=1S/C28H35N3O5/c1-27(2,3)36-22(32)9-8-21(25(29)33)31-15-19-14-18(6-7-20(19)26(31)34)23-24(35-16-30-23)17-10-12-28(4,5)13-11-17/h6-7,10,14,16,21H,8-9,11-13,15H2,1-5H3,(H2,29,33). The van der Waals surface area contributed by atoms with Gasteiger partial charge in [-0.3, -0.25) is 14.4 Å². The van der Waals surface area contributed by atoms with Crippen LogP contribution < -0.4 is 5.73 Å². The molecule has 8 heteroatoms. The van der Waals surface area contributed by atoms with E-state index in [1.54, 1.807) is 26.8 Å². The number of esters is 1. The first-order chi connectivity index (χ1) is 16.8. The Bertz CT molecular complexity index is 1220. The van der Waals surface area contributed by atoms with E-state index in [2.05, 4.69) is 24.9 Å². The summed E-state index contributed by atoms with van der Waals surface area (Å²) in [4.78, 5) is 43.5. The molecule has 1 aliphatic heterocycles. The number of fused-ring (bicyclic) bond motifs is 1. The molecule has 1 atom stereocenters. The maximum Gasteiger partial charge on any atom is 0.306 e. The highest BCUT2D eigenvalue weighted by Gasteiger charge is 2.36. The monoisotopic (exact) mass is 493 g/mol. The van der Waals surface area contributed by atoms with Gasteiger partial charge in [0, 0.05) is 24.1 Å². The molecular formula is C28H35N3O5. The van der Waals surface area contributed by atoms with Crippen LogP contribution in [0.4, 0.5) is 0 Å². The van der Waals surface area contributed by atoms with Gasteiger partial charge >= 0.3 is 5.97 Å². The van der Waals surface area contributed by atoms with E-state index in [-0.39, 0.29) is 30.7 Å². The lowest BCUT2D eigenvalue weighted by atomic mass is 9.77. The fraction of sp³-hybridized carbons (Fsp3) is 0.500. The second-order valence-electron chi connectivity index (χ2n) is 11.5. The molecule has 2 aliphatic rings. The van der Waals surface area contributed by atoms with Crippen molar-refractivity contribution < 1.29 is 23.5 Å². The Kier molecular flexibility index (Phi) is 6.82. The first-order valence-corrected chi connectivity index (χ1v) is 12.4. The van der Waals surface area contributed by atoms with Crippen molar-refractivity contribution in [2.24, 2.45) is 11.1 Å². The van der Waals surface area contributed by atoms with Crippen molar-refractivity contribution in [3.8, 4) is 11.3 Å². The van der Waals surface area contributed by atoms with E-state index < -0.39 is 23.5 Å². The van der Waals surface area contributed by atoms with Crippen LogP contribution in [0, 0.1) is 5.41 Å². The SMILES string of the molecule is CC1(C)CC=C(c2ocnc2-c2ccc3c(c2)CN(C(CCC(=O)OC(C)(C)C)C(N)=O)C3=O)CC1. The molecule has 2 amide bonds. The number of nitrogens with zero attached hydrogens (tertiary/aromatic N) is 2. The number of ether oxygens (including phenoxy) is 1. The molecule has 1 unspecified atom stereocenters. The average molecular weight is 494 g/mol. The number of aromatic nitrogens is 1. The van der Waals surface area contributed by atoms with Crippen LogP contribution in [-0.4, -0.2) is 39.3 Å². The molecule has 0 radical (unpaired) electrons. The summed E-state index contributed by atoms with van der Waals surface area (Å²) < 4.78 is 11.1. The Morgan fingerprint density at radius 1 is 1.28 bits per heavy atom. The molecule has 0 bridgehead atoms. The number of hydrogen-bond donors (Lipinski definition) is 1. The van der Waals surface area contributed by atoms with Crippen LogP contribution in [0.1, 0.15) is 88.4 Å². The van der Waals surface area contributed by atoms with Crippen molar-refractivity contribution in [1.29, 1.82) is 0 Å². The maximum atomic E-state index is 13.1. The summed E-state index contributed by atoms with van der Waals surface area (Å²) in [5, 5.41) is 0. The summed E-state index contributed by atoms with van der Waals surface area (Å²) in [6, 6.07) is 4.64. The second kappa shape index (κ2) is 9.56. The molecule has 0 saturated heterocycles. The van der Waals surface area contributed by atoms with Crippen molar-refractivity contribution in [2.75, 3.05) is 0 Å². The summed E-state index contributed by atoms with van der Waals surface area (Å²) in [6.07, 6.45) is 6.76. The number of allylic oxidation sites excluding steroid dienone is 2. The largest absolute Gasteiger partial charge is 0.460 e. The Morgan fingerprint density at radius 3 is 2.67 bits per heavy atom. The van der Waals surface area contributed by atoms with E-state index in [0.29, 0.717) is 5.56 Å². The molecule has 2 heterocycles. The van der Waals surface area contributed by atoms with Crippen molar-refractivity contribution in [3.05, 3.63) is 47.6 Å². The lowest BCUT2D eigenvalue weighted by Crippen LogP contribution is -2.45. The van der Waals surface area contributed by atoms with Crippen LogP contribution in [0.25, 0.3) is 16.8 Å². The van der Waals surface area contributed by atoms with Gasteiger partial charge in [-0.1, -0.05) is 26.0 Å². The number of amides is 2. The Morgan fingerprint density at radius 2 is 2.03 bits per heavy atom. The van der Waals surface area contributed by atoms with Crippen molar-refractivity contribution in [1.82, 2.24) is 9.88 Å². The fourth-order valence-corrected chi connectivity index (χ4v) is 4.80. The van der Waals surface area contributed by atoms with Crippen molar-refractivity contribution >= 4 is 23.4 Å². The first-order valence-electron chi connectivity index (χ1n) is 12.4. The molecule has 0 spiro atoms. The van der Waals surface area contributed by atoms with Crippen LogP contribution in [-0.2, 0) is 20.9 Å². The van der Waals surface area contributed by atoms with Crippen LogP contribution in [0.3, 0.4) is 0 Å². The van der Waals surface area contributed by atoms with Gasteiger partial charge in [-0.05, 0) is 75.1 Å². The molecule has 1 aliphatic carbocycles. The van der Waals surface area contributed by atoms with Gasteiger partial charge in [-0.15, -0.1) is 0 Å². The van der Waals surface area contributed by atoms with E-state index >= 15 is 0 Å². The zero-order valence-electron chi connectivity index (χ0n) is 21.7. The molecule has 192 valence electrons. The summed E-state index contributed by atoms with van der Waals surface area (Å²) in [6.45, 7) is 10.1. The minimum absolute atomic E-state index is 0.00946. The molecule has 8 nitrogen and oxygen atoms in total. The third kappa shape index (κ3) is 5.53. The minimum atomic E-state index is -0.903. The van der Waals surface area contributed by atoms with E-state index in [1.807, 2.05) is 12.1 Å². The van der Waals surface area contributed by atoms with Crippen LogP contribution in [0.2, 0.25) is 0 Å². The lowest BCUT2D eigenvalue weighted by molar-refractivity contribution is -0.155. The quantitative estimate of drug-likeness (QED) is 0.550. The van der Waals surface area contributed by atoms with E-state index in [4.69, 9.17) is 14.9 Å². The summed E-state index contributed by atoms with van der Waals surface area (Å²) in [5.41, 5.74) is 9.34. The van der Waals surface area contributed by atoms with Crippen LogP contribution in [0.15, 0.2) is 35.1 Å². The predicted octanol–water partition coefficient (Wildman–Crippen LogP) is 4.87. The van der Waals surface area contributed by atoms with Gasteiger partial charge in [0.1, 0.15) is 17.3 Å². The number of benzene rings is 1. The number of rotatable bonds is 7. The van der Waals surface area contributed by atoms with Gasteiger partial charge < -0.3 is 19.8 Å². The summed E-state index contributed by atoms with van der Waals surface area (Å²) in [7, 11) is 0.